The van der Waals surface area contributed by atoms with E-state index in [0.717, 1.165) is 0 Å². The first-order chi connectivity index (χ1) is 14.6. The quantitative estimate of drug-likeness (QED) is 0.495. The lowest BCUT2D eigenvalue weighted by Gasteiger charge is -2.36. The third kappa shape index (κ3) is 3.44. The Kier molecular flexibility index (Phi) is 5.32. The Morgan fingerprint density at radius 1 is 1.00 bits per heavy atom. The summed E-state index contributed by atoms with van der Waals surface area (Å²) in [4.78, 5) is 24.8. The van der Waals surface area contributed by atoms with Crippen molar-refractivity contribution in [3.05, 3.63) is 108 Å². The van der Waals surface area contributed by atoms with Gasteiger partial charge in [0.1, 0.15) is 11.6 Å². The normalized spacial score (nSPS) is 12.3. The Labute approximate surface area is 172 Å². The maximum absolute atomic E-state index is 12.2. The highest BCUT2D eigenvalue weighted by atomic mass is 16.5. The van der Waals surface area contributed by atoms with E-state index >= 15 is 0 Å². The number of hydrogen-bond donors (Lipinski definition) is 1. The van der Waals surface area contributed by atoms with Gasteiger partial charge in [-0.25, -0.2) is 4.79 Å². The summed E-state index contributed by atoms with van der Waals surface area (Å²) in [5.74, 6) is -0.570. The summed E-state index contributed by atoms with van der Waals surface area (Å²) in [6.07, 6.45) is 9.70. The van der Waals surface area contributed by atoms with Crippen molar-refractivity contribution in [3.63, 3.8) is 0 Å². The smallest absolute Gasteiger partial charge is 0.358 e. The van der Waals surface area contributed by atoms with E-state index in [9.17, 15) is 9.90 Å². The van der Waals surface area contributed by atoms with E-state index in [1.165, 1.54) is 17.9 Å². The summed E-state index contributed by atoms with van der Waals surface area (Å²) >= 11 is 0. The van der Waals surface area contributed by atoms with Gasteiger partial charge in [-0.1, -0.05) is 18.2 Å². The molecule has 0 fully saturated rings. The first-order valence-corrected chi connectivity index (χ1v) is 9.22. The molecule has 8 heteroatoms. The Bertz CT molecular complexity index is 1080. The molecule has 0 bridgehead atoms. The minimum Gasteiger partial charge on any atom is -0.464 e. The molecule has 0 saturated heterocycles. The molecule has 0 aromatic carbocycles. The number of esters is 1. The maximum Gasteiger partial charge on any atom is 0.358 e. The third-order valence-corrected chi connectivity index (χ3v) is 4.83. The molecule has 0 radical (unpaired) electrons. The molecule has 0 saturated carbocycles. The first-order valence-electron chi connectivity index (χ1n) is 9.22. The molecule has 0 spiro atoms. The number of hydrogen-bond acceptors (Lipinski definition) is 7. The minimum atomic E-state index is -1.63. The number of ether oxygens (including phenoxy) is 1. The molecule has 1 unspecified atom stereocenters. The van der Waals surface area contributed by atoms with Gasteiger partial charge >= 0.3 is 5.97 Å². The van der Waals surface area contributed by atoms with Crippen LogP contribution in [0.3, 0.4) is 0 Å². The average Bonchev–Trinajstić information content (AvgIpc) is 3.30. The summed E-state index contributed by atoms with van der Waals surface area (Å²) in [7, 11) is 1.29. The van der Waals surface area contributed by atoms with Crippen molar-refractivity contribution in [1.29, 1.82) is 0 Å². The van der Waals surface area contributed by atoms with Gasteiger partial charge in [0.15, 0.2) is 5.69 Å². The highest BCUT2D eigenvalue weighted by Gasteiger charge is 2.44. The fraction of sp³-hybridized carbons (Fsp3) is 0.136. The zero-order valence-corrected chi connectivity index (χ0v) is 16.2. The number of aromatic nitrogens is 5. The molecule has 150 valence electrons. The monoisotopic (exact) mass is 401 g/mol. The number of pyridine rings is 3. The summed E-state index contributed by atoms with van der Waals surface area (Å²) in [6.45, 7) is 0. The van der Waals surface area contributed by atoms with Crippen molar-refractivity contribution < 1.29 is 14.6 Å². The fourth-order valence-electron chi connectivity index (χ4n) is 3.43. The van der Waals surface area contributed by atoms with Gasteiger partial charge < -0.3 is 9.84 Å². The van der Waals surface area contributed by atoms with E-state index < -0.39 is 17.6 Å². The first kappa shape index (κ1) is 19.4. The number of carbonyl (C=O) groups is 1. The molecule has 0 amide bonds. The molecule has 1 N–H and O–H groups in total. The van der Waals surface area contributed by atoms with E-state index in [2.05, 4.69) is 20.1 Å². The molecule has 0 aliphatic heterocycles. The van der Waals surface area contributed by atoms with E-state index in [1.54, 1.807) is 73.6 Å². The van der Waals surface area contributed by atoms with Gasteiger partial charge in [-0.05, 0) is 30.3 Å². The molecular formula is C22H19N5O3. The van der Waals surface area contributed by atoms with Crippen molar-refractivity contribution in [2.75, 3.05) is 7.11 Å². The molecule has 4 aromatic rings. The van der Waals surface area contributed by atoms with Gasteiger partial charge in [0.2, 0.25) is 0 Å². The van der Waals surface area contributed by atoms with Crippen LogP contribution in [0.5, 0.6) is 0 Å². The van der Waals surface area contributed by atoms with Crippen molar-refractivity contribution in [2.24, 2.45) is 0 Å². The molecule has 0 aliphatic rings. The SMILES string of the molecule is COC(=O)c1ccn(C(c2ccccn2)C(O)(c2cccnc2)c2cccnc2)n1. The van der Waals surface area contributed by atoms with Crippen LogP contribution in [0.4, 0.5) is 0 Å². The number of nitrogens with zero attached hydrogens (tertiary/aromatic N) is 5. The van der Waals surface area contributed by atoms with Gasteiger partial charge in [0, 0.05) is 48.3 Å². The largest absolute Gasteiger partial charge is 0.464 e. The van der Waals surface area contributed by atoms with E-state index in [-0.39, 0.29) is 5.69 Å². The summed E-state index contributed by atoms with van der Waals surface area (Å²) < 4.78 is 6.29. The highest BCUT2D eigenvalue weighted by molar-refractivity contribution is 5.86. The lowest BCUT2D eigenvalue weighted by molar-refractivity contribution is 0.0308. The molecule has 8 nitrogen and oxygen atoms in total. The predicted octanol–water partition coefficient (Wildman–Crippen LogP) is 2.38. The summed E-state index contributed by atoms with van der Waals surface area (Å²) in [5.41, 5.74) is 0.105. The lowest BCUT2D eigenvalue weighted by atomic mass is 9.80. The molecule has 4 rings (SSSR count). The Balaban J connectivity index is 1.97. The van der Waals surface area contributed by atoms with Crippen LogP contribution in [-0.4, -0.2) is 42.9 Å². The average molecular weight is 401 g/mol. The van der Waals surface area contributed by atoms with E-state index in [0.29, 0.717) is 16.8 Å². The van der Waals surface area contributed by atoms with Crippen molar-refractivity contribution in [2.45, 2.75) is 11.6 Å². The zero-order valence-electron chi connectivity index (χ0n) is 16.2. The van der Waals surface area contributed by atoms with E-state index in [4.69, 9.17) is 4.74 Å². The standard InChI is InChI=1S/C22H19N5O3/c1-30-21(28)19-9-13-27(26-19)20(18-8-2-3-12-25-18)22(29,16-6-4-10-23-14-16)17-7-5-11-24-15-17/h2-15,20,29H,1H3. The molecule has 1 atom stereocenters. The topological polar surface area (TPSA) is 103 Å². The number of rotatable bonds is 6. The van der Waals surface area contributed by atoms with E-state index in [1.807, 2.05) is 6.07 Å². The van der Waals surface area contributed by atoms with Crippen LogP contribution in [0.1, 0.15) is 33.4 Å². The van der Waals surface area contributed by atoms with Crippen LogP contribution in [0.25, 0.3) is 0 Å². The van der Waals surface area contributed by atoms with Crippen LogP contribution >= 0.6 is 0 Å². The van der Waals surface area contributed by atoms with Crippen LogP contribution in [0.2, 0.25) is 0 Å². The molecule has 30 heavy (non-hydrogen) atoms. The molecule has 0 aliphatic carbocycles. The Morgan fingerprint density at radius 2 is 1.70 bits per heavy atom. The van der Waals surface area contributed by atoms with Crippen LogP contribution in [0.15, 0.2) is 85.7 Å². The van der Waals surface area contributed by atoms with Gasteiger partial charge in [-0.2, -0.15) is 5.10 Å². The molecule has 4 aromatic heterocycles. The fourth-order valence-corrected chi connectivity index (χ4v) is 3.43. The molecule has 4 heterocycles. The zero-order chi connectivity index (χ0) is 21.0. The van der Waals surface area contributed by atoms with Crippen LogP contribution in [0, 0.1) is 0 Å². The van der Waals surface area contributed by atoms with Gasteiger partial charge in [0.05, 0.1) is 12.8 Å². The predicted molar refractivity (Wildman–Crippen MR) is 107 cm³/mol. The number of aliphatic hydroxyl groups is 1. The van der Waals surface area contributed by atoms with Crippen molar-refractivity contribution in [1.82, 2.24) is 24.7 Å². The lowest BCUT2D eigenvalue weighted by Crippen LogP contribution is -2.40. The van der Waals surface area contributed by atoms with Crippen molar-refractivity contribution >= 4 is 5.97 Å². The molecular weight excluding hydrogens is 382 g/mol. The van der Waals surface area contributed by atoms with Crippen LogP contribution < -0.4 is 0 Å². The Hall–Kier alpha value is -3.91. The second-order valence-corrected chi connectivity index (χ2v) is 6.58. The van der Waals surface area contributed by atoms with Gasteiger partial charge in [0.25, 0.3) is 0 Å². The van der Waals surface area contributed by atoms with Crippen molar-refractivity contribution in [3.8, 4) is 0 Å². The number of carbonyl (C=O) groups excluding carboxylic acids is 1. The Morgan fingerprint density at radius 3 is 2.23 bits per heavy atom. The second kappa shape index (κ2) is 8.22. The second-order valence-electron chi connectivity index (χ2n) is 6.58. The summed E-state index contributed by atoms with van der Waals surface area (Å²) in [5, 5.41) is 16.6. The minimum absolute atomic E-state index is 0.123. The van der Waals surface area contributed by atoms with Gasteiger partial charge in [-0.3, -0.25) is 19.6 Å². The number of methoxy groups -OCH3 is 1. The summed E-state index contributed by atoms with van der Waals surface area (Å²) in [6, 6.07) is 13.2. The van der Waals surface area contributed by atoms with Crippen LogP contribution in [-0.2, 0) is 10.3 Å². The maximum atomic E-state index is 12.2. The highest BCUT2D eigenvalue weighted by Crippen LogP contribution is 2.42. The van der Waals surface area contributed by atoms with Gasteiger partial charge in [-0.15, -0.1) is 0 Å². The third-order valence-electron chi connectivity index (χ3n) is 4.83.